The van der Waals surface area contributed by atoms with Crippen LogP contribution < -0.4 is 0 Å². The van der Waals surface area contributed by atoms with Crippen molar-refractivity contribution in [1.82, 2.24) is 19.5 Å². The molecule has 0 amide bonds. The molecule has 0 spiro atoms. The summed E-state index contributed by atoms with van der Waals surface area (Å²) in [6.45, 7) is 9.65. The molecule has 3 heterocycles. The van der Waals surface area contributed by atoms with Gasteiger partial charge in [0.15, 0.2) is 17.5 Å². The first-order valence-electron chi connectivity index (χ1n) is 19.6. The molecular weight excluding hydrogens is 701 g/mol. The summed E-state index contributed by atoms with van der Waals surface area (Å²) in [5.41, 5.74) is 9.85. The van der Waals surface area contributed by atoms with Gasteiger partial charge in [-0.3, -0.25) is 0 Å². The number of hydrogen-bond acceptors (Lipinski definition) is 4. The van der Waals surface area contributed by atoms with Crippen LogP contribution in [0.5, 0.6) is 0 Å². The number of nitrogens with zero attached hydrogens (tertiary/aromatic N) is 4. The lowest BCUT2D eigenvalue weighted by Gasteiger charge is -2.42. The Morgan fingerprint density at radius 3 is 1.95 bits per heavy atom. The Morgan fingerprint density at radius 1 is 0.482 bits per heavy atom. The number of benzene rings is 7. The van der Waals surface area contributed by atoms with Crippen LogP contribution in [0.1, 0.15) is 51.7 Å². The van der Waals surface area contributed by atoms with E-state index >= 15 is 0 Å². The fourth-order valence-corrected chi connectivity index (χ4v) is 10.3. The molecule has 0 saturated carbocycles. The van der Waals surface area contributed by atoms with Crippen molar-refractivity contribution in [1.29, 1.82) is 0 Å². The second-order valence-electron chi connectivity index (χ2n) is 16.7. The Labute approximate surface area is 330 Å². The van der Waals surface area contributed by atoms with Gasteiger partial charge in [0.25, 0.3) is 0 Å². The van der Waals surface area contributed by atoms with Crippen LogP contribution in [0.4, 0.5) is 0 Å². The van der Waals surface area contributed by atoms with Crippen molar-refractivity contribution < 1.29 is 0 Å². The minimum Gasteiger partial charge on any atom is -0.309 e. The predicted octanol–water partition coefficient (Wildman–Crippen LogP) is 13.8. The third-order valence-electron chi connectivity index (χ3n) is 12.3. The minimum atomic E-state index is 0.124. The summed E-state index contributed by atoms with van der Waals surface area (Å²) in [4.78, 5) is 15.4. The Hall–Kier alpha value is -6.17. The molecule has 7 aromatic carbocycles. The van der Waals surface area contributed by atoms with E-state index in [1.807, 2.05) is 18.2 Å². The van der Waals surface area contributed by atoms with Crippen molar-refractivity contribution in [3.05, 3.63) is 157 Å². The Kier molecular flexibility index (Phi) is 7.21. The first-order chi connectivity index (χ1) is 27.2. The minimum absolute atomic E-state index is 0.124. The number of thiophene rings is 1. The third-order valence-corrected chi connectivity index (χ3v) is 13.4. The molecule has 1 aliphatic rings. The van der Waals surface area contributed by atoms with Crippen molar-refractivity contribution in [2.24, 2.45) is 0 Å². The number of hydrogen-bond donors (Lipinski definition) is 0. The van der Waals surface area contributed by atoms with E-state index in [2.05, 4.69) is 160 Å². The highest BCUT2D eigenvalue weighted by Gasteiger charge is 2.38. The summed E-state index contributed by atoms with van der Waals surface area (Å²) in [6.07, 6.45) is 2.39. The largest absolute Gasteiger partial charge is 0.309 e. The van der Waals surface area contributed by atoms with Gasteiger partial charge in [0.05, 0.1) is 11.0 Å². The van der Waals surface area contributed by atoms with Crippen molar-refractivity contribution in [3.8, 4) is 39.9 Å². The van der Waals surface area contributed by atoms with Gasteiger partial charge in [0.2, 0.25) is 0 Å². The van der Waals surface area contributed by atoms with Crippen LogP contribution >= 0.6 is 11.3 Å². The number of aromatic nitrogens is 4. The molecule has 0 unspecified atom stereocenters. The molecule has 0 saturated heterocycles. The van der Waals surface area contributed by atoms with E-state index in [0.717, 1.165) is 27.8 Å². The van der Waals surface area contributed by atoms with Crippen LogP contribution in [0.2, 0.25) is 0 Å². The smallest absolute Gasteiger partial charge is 0.164 e. The molecule has 270 valence electrons. The molecule has 4 nitrogen and oxygen atoms in total. The second-order valence-corrected chi connectivity index (χ2v) is 17.8. The molecule has 5 heteroatoms. The monoisotopic (exact) mass is 740 g/mol. The maximum Gasteiger partial charge on any atom is 0.164 e. The normalized spacial score (nSPS) is 14.9. The molecule has 1 aliphatic carbocycles. The quantitative estimate of drug-likeness (QED) is 0.180. The van der Waals surface area contributed by atoms with Gasteiger partial charge in [-0.25, -0.2) is 15.0 Å². The first-order valence-corrected chi connectivity index (χ1v) is 20.4. The molecule has 56 heavy (non-hydrogen) atoms. The maximum atomic E-state index is 5.20. The summed E-state index contributed by atoms with van der Waals surface area (Å²) in [7, 11) is 0. The van der Waals surface area contributed by atoms with E-state index in [4.69, 9.17) is 15.0 Å². The standard InChI is InChI=1S/C51H40N4S/c1-50(2)25-26-51(3,4)41-30-43-39(29-40(41)50)36-15-8-10-18-42(36)55(43)35-24-23-32-27-34(22-21-33(32)28-35)48-52-47(31-13-6-5-7-14-31)53-49(54-48)38-17-12-20-45-46(38)37-16-9-11-19-44(37)56-45/h5-24,27-30H,25-26H2,1-4H3. The fourth-order valence-electron chi connectivity index (χ4n) is 9.12. The summed E-state index contributed by atoms with van der Waals surface area (Å²) in [6, 6.07) is 52.6. The second kappa shape index (κ2) is 12.2. The number of fused-ring (bicyclic) bond motifs is 8. The Bertz CT molecular complexity index is 3200. The lowest BCUT2D eigenvalue weighted by molar-refractivity contribution is 0.332. The highest BCUT2D eigenvalue weighted by Crippen LogP contribution is 2.49. The molecule has 0 atom stereocenters. The van der Waals surface area contributed by atoms with E-state index in [9.17, 15) is 0 Å². The zero-order valence-electron chi connectivity index (χ0n) is 32.0. The van der Waals surface area contributed by atoms with Gasteiger partial charge in [-0.1, -0.05) is 125 Å². The van der Waals surface area contributed by atoms with Crippen molar-refractivity contribution >= 4 is 64.1 Å². The van der Waals surface area contributed by atoms with Gasteiger partial charge in [-0.05, 0) is 94.1 Å². The zero-order chi connectivity index (χ0) is 37.8. The fraction of sp³-hybridized carbons (Fsp3) is 0.157. The third kappa shape index (κ3) is 5.14. The van der Waals surface area contributed by atoms with Crippen LogP contribution in [0, 0.1) is 0 Å². The maximum absolute atomic E-state index is 5.20. The van der Waals surface area contributed by atoms with E-state index in [0.29, 0.717) is 17.5 Å². The average Bonchev–Trinajstić information content (AvgIpc) is 3.77. The van der Waals surface area contributed by atoms with Gasteiger partial charge < -0.3 is 4.57 Å². The van der Waals surface area contributed by atoms with Gasteiger partial charge >= 0.3 is 0 Å². The van der Waals surface area contributed by atoms with E-state index in [1.165, 1.54) is 71.3 Å². The van der Waals surface area contributed by atoms with Gasteiger partial charge in [-0.15, -0.1) is 11.3 Å². The van der Waals surface area contributed by atoms with Gasteiger partial charge in [-0.2, -0.15) is 0 Å². The molecule has 0 radical (unpaired) electrons. The lowest BCUT2D eigenvalue weighted by Crippen LogP contribution is -2.33. The van der Waals surface area contributed by atoms with Gasteiger partial charge in [0, 0.05) is 53.3 Å². The van der Waals surface area contributed by atoms with Crippen LogP contribution in [0.25, 0.3) is 92.6 Å². The Morgan fingerprint density at radius 2 is 1.12 bits per heavy atom. The molecule has 0 aliphatic heterocycles. The zero-order valence-corrected chi connectivity index (χ0v) is 32.8. The first kappa shape index (κ1) is 33.2. The summed E-state index contributed by atoms with van der Waals surface area (Å²) in [5, 5.41) is 7.35. The van der Waals surface area contributed by atoms with E-state index < -0.39 is 0 Å². The van der Waals surface area contributed by atoms with Crippen LogP contribution in [-0.2, 0) is 10.8 Å². The predicted molar refractivity (Wildman–Crippen MR) is 236 cm³/mol. The molecule has 3 aromatic heterocycles. The van der Waals surface area contributed by atoms with Crippen molar-refractivity contribution in [2.75, 3.05) is 0 Å². The topological polar surface area (TPSA) is 43.6 Å². The molecule has 0 bridgehead atoms. The summed E-state index contributed by atoms with van der Waals surface area (Å²) in [5.74, 6) is 2.00. The van der Waals surface area contributed by atoms with Crippen molar-refractivity contribution in [2.45, 2.75) is 51.4 Å². The molecular formula is C51H40N4S. The summed E-state index contributed by atoms with van der Waals surface area (Å²) >= 11 is 1.81. The molecule has 0 N–H and O–H groups in total. The van der Waals surface area contributed by atoms with Crippen molar-refractivity contribution in [3.63, 3.8) is 0 Å². The number of para-hydroxylation sites is 1. The highest BCUT2D eigenvalue weighted by molar-refractivity contribution is 7.25. The number of rotatable bonds is 4. The van der Waals surface area contributed by atoms with Crippen LogP contribution in [-0.4, -0.2) is 19.5 Å². The summed E-state index contributed by atoms with van der Waals surface area (Å²) < 4.78 is 4.95. The van der Waals surface area contributed by atoms with Gasteiger partial charge in [0.1, 0.15) is 0 Å². The van der Waals surface area contributed by atoms with E-state index in [1.54, 1.807) is 11.3 Å². The van der Waals surface area contributed by atoms with Crippen LogP contribution in [0.3, 0.4) is 0 Å². The van der Waals surface area contributed by atoms with Crippen LogP contribution in [0.15, 0.2) is 146 Å². The molecule has 11 rings (SSSR count). The highest BCUT2D eigenvalue weighted by atomic mass is 32.1. The lowest BCUT2D eigenvalue weighted by atomic mass is 9.63. The SMILES string of the molecule is CC1(C)CCC(C)(C)c2cc3c(cc21)c1ccccc1n3-c1ccc2cc(-c3nc(-c4ccccc4)nc(-c4cccc5sc6ccccc6c45)n3)ccc2c1. The average molecular weight is 741 g/mol. The Balaban J connectivity index is 1.07. The van der Waals surface area contributed by atoms with E-state index in [-0.39, 0.29) is 10.8 Å². The molecule has 0 fully saturated rings. The molecule has 10 aromatic rings.